The van der Waals surface area contributed by atoms with E-state index < -0.39 is 0 Å². The fourth-order valence-electron chi connectivity index (χ4n) is 1.32. The molecule has 2 nitrogen and oxygen atoms in total. The number of rotatable bonds is 1. The Labute approximate surface area is 95.3 Å². The average molecular weight is 209 g/mol. The van der Waals surface area contributed by atoms with E-state index in [-0.39, 0.29) is 17.1 Å². The molecule has 1 aromatic rings. The van der Waals surface area contributed by atoms with E-state index in [0.29, 0.717) is 0 Å². The molecule has 0 saturated heterocycles. The van der Waals surface area contributed by atoms with Crippen LogP contribution in [0.3, 0.4) is 0 Å². The zero-order chi connectivity index (χ0) is 11.4. The van der Waals surface area contributed by atoms with Gasteiger partial charge >= 0.3 is 0 Å². The second-order valence-electron chi connectivity index (χ2n) is 3.27. The van der Waals surface area contributed by atoms with Gasteiger partial charge in [-0.15, -0.1) is 0 Å². The summed E-state index contributed by atoms with van der Waals surface area (Å²) in [7, 11) is 0. The van der Waals surface area contributed by atoms with Crippen LogP contribution < -0.4 is 0 Å². The van der Waals surface area contributed by atoms with E-state index in [1.54, 1.807) is 18.2 Å². The third kappa shape index (κ3) is 2.43. The van der Waals surface area contributed by atoms with E-state index >= 15 is 0 Å². The van der Waals surface area contributed by atoms with Gasteiger partial charge in [0.05, 0.1) is 11.5 Å². The van der Waals surface area contributed by atoms with Crippen LogP contribution in [0.15, 0.2) is 24.3 Å². The van der Waals surface area contributed by atoms with Crippen molar-refractivity contribution in [1.29, 1.82) is 0 Å². The highest BCUT2D eigenvalue weighted by Gasteiger charge is 2.14. The molecule has 16 heavy (non-hydrogen) atoms. The van der Waals surface area contributed by atoms with Gasteiger partial charge in [-0.05, 0) is 43.7 Å². The summed E-state index contributed by atoms with van der Waals surface area (Å²) in [6.45, 7) is 0. The van der Waals surface area contributed by atoms with Crippen LogP contribution in [0.4, 0.5) is 0 Å². The van der Waals surface area contributed by atoms with E-state index in [2.05, 4.69) is 11.8 Å². The summed E-state index contributed by atoms with van der Waals surface area (Å²) < 4.78 is 0. The molecule has 1 aliphatic rings. The molecule has 2 heteroatoms. The van der Waals surface area contributed by atoms with E-state index in [4.69, 9.17) is 0 Å². The molecule has 0 aliphatic heterocycles. The highest BCUT2D eigenvalue weighted by atomic mass is 16.3. The third-order valence-corrected chi connectivity index (χ3v) is 2.13. The number of phenols is 1. The normalized spacial score (nSPS) is 15.5. The summed E-state index contributed by atoms with van der Waals surface area (Å²) in [5.74, 6) is 5.61. The quantitative estimate of drug-likeness (QED) is 0.436. The maximum absolute atomic E-state index is 11.6. The molecule has 0 atom stereocenters. The van der Waals surface area contributed by atoms with Crippen molar-refractivity contribution in [2.75, 3.05) is 0 Å². The van der Waals surface area contributed by atoms with Gasteiger partial charge in [-0.2, -0.15) is 0 Å². The first-order valence-corrected chi connectivity index (χ1v) is 4.83. The number of benzene rings is 1. The zero-order valence-corrected chi connectivity index (χ0v) is 8.47. The third-order valence-electron chi connectivity index (χ3n) is 2.13. The Bertz CT molecular complexity index is 445. The SMILES string of the molecule is O=C(C#C[C]1[CH][CH][CH][CH]1)c1ccccc1O. The minimum absolute atomic E-state index is 0.0377. The number of aromatic hydroxyl groups is 1. The first-order valence-electron chi connectivity index (χ1n) is 4.83. The van der Waals surface area contributed by atoms with Crippen LogP contribution in [0, 0.1) is 43.4 Å². The Balaban J connectivity index is 2.11. The van der Waals surface area contributed by atoms with Crippen LogP contribution in [-0.4, -0.2) is 10.9 Å². The lowest BCUT2D eigenvalue weighted by atomic mass is 10.1. The Morgan fingerprint density at radius 1 is 1.12 bits per heavy atom. The summed E-state index contributed by atoms with van der Waals surface area (Å²) in [5, 5.41) is 9.45. The van der Waals surface area contributed by atoms with Crippen molar-refractivity contribution in [3.63, 3.8) is 0 Å². The van der Waals surface area contributed by atoms with Gasteiger partial charge in [0.15, 0.2) is 0 Å². The maximum atomic E-state index is 11.6. The van der Waals surface area contributed by atoms with Gasteiger partial charge < -0.3 is 5.11 Å². The standard InChI is InChI=1S/C14H9O2/c15-13-8-4-3-7-12(13)14(16)10-9-11-5-1-2-6-11/h1-8,15H. The lowest BCUT2D eigenvalue weighted by molar-refractivity contribution is 0.105. The summed E-state index contributed by atoms with van der Waals surface area (Å²) in [5.41, 5.74) is 0.238. The van der Waals surface area contributed by atoms with E-state index in [1.165, 1.54) is 6.07 Å². The van der Waals surface area contributed by atoms with Crippen LogP contribution in [0.5, 0.6) is 5.75 Å². The summed E-state index contributed by atoms with van der Waals surface area (Å²) >= 11 is 0. The van der Waals surface area contributed by atoms with Crippen LogP contribution in [0.25, 0.3) is 0 Å². The number of ketones is 1. The van der Waals surface area contributed by atoms with Crippen molar-refractivity contribution in [2.24, 2.45) is 0 Å². The fourth-order valence-corrected chi connectivity index (χ4v) is 1.32. The van der Waals surface area contributed by atoms with Crippen LogP contribution in [-0.2, 0) is 0 Å². The van der Waals surface area contributed by atoms with Gasteiger partial charge in [-0.3, -0.25) is 4.79 Å². The molecule has 0 heterocycles. The molecule has 77 valence electrons. The first kappa shape index (κ1) is 10.8. The molecule has 1 N–H and O–H groups in total. The molecule has 0 spiro atoms. The average Bonchev–Trinajstić information content (AvgIpc) is 2.79. The number of hydrogen-bond donors (Lipinski definition) is 1. The maximum Gasteiger partial charge on any atom is 0.239 e. The van der Waals surface area contributed by atoms with E-state index in [0.717, 1.165) is 5.92 Å². The molecule has 2 rings (SSSR count). The Kier molecular flexibility index (Phi) is 3.26. The van der Waals surface area contributed by atoms with Crippen molar-refractivity contribution >= 4 is 5.78 Å². The van der Waals surface area contributed by atoms with Gasteiger partial charge in [-0.25, -0.2) is 0 Å². The van der Waals surface area contributed by atoms with Crippen LogP contribution in [0.1, 0.15) is 10.4 Å². The molecule has 1 aliphatic carbocycles. The minimum Gasteiger partial charge on any atom is -0.507 e. The second-order valence-corrected chi connectivity index (χ2v) is 3.27. The molecular weight excluding hydrogens is 200 g/mol. The second kappa shape index (κ2) is 4.85. The van der Waals surface area contributed by atoms with Crippen molar-refractivity contribution in [3.05, 3.63) is 61.4 Å². The molecule has 0 unspecified atom stereocenters. The number of carbonyl (C=O) groups is 1. The number of carbonyl (C=O) groups excluding carboxylic acids is 1. The van der Waals surface area contributed by atoms with Crippen LogP contribution in [0.2, 0.25) is 0 Å². The van der Waals surface area contributed by atoms with Crippen LogP contribution >= 0.6 is 0 Å². The topological polar surface area (TPSA) is 37.3 Å². The Morgan fingerprint density at radius 3 is 2.50 bits per heavy atom. The summed E-state index contributed by atoms with van der Waals surface area (Å²) in [6, 6.07) is 6.38. The van der Waals surface area contributed by atoms with Gasteiger partial charge in [0.25, 0.3) is 0 Å². The van der Waals surface area contributed by atoms with E-state index in [9.17, 15) is 9.90 Å². The Hall–Kier alpha value is -1.75. The highest BCUT2D eigenvalue weighted by molar-refractivity contribution is 6.10. The first-order chi connectivity index (χ1) is 7.77. The molecule has 1 saturated carbocycles. The molecule has 0 aromatic heterocycles. The van der Waals surface area contributed by atoms with Crippen molar-refractivity contribution < 1.29 is 9.90 Å². The molecule has 5 radical (unpaired) electrons. The molecule has 0 bridgehead atoms. The monoisotopic (exact) mass is 209 g/mol. The number of phenolic OH excluding ortho intramolecular Hbond substituents is 1. The smallest absolute Gasteiger partial charge is 0.239 e. The van der Waals surface area contributed by atoms with Gasteiger partial charge in [0, 0.05) is 0 Å². The van der Waals surface area contributed by atoms with Gasteiger partial charge in [0.1, 0.15) is 5.75 Å². The minimum atomic E-state index is -0.376. The number of Topliss-reactive ketones (excluding diaryl/α,β-unsaturated/α-hetero) is 1. The largest absolute Gasteiger partial charge is 0.507 e. The predicted molar refractivity (Wildman–Crippen MR) is 60.7 cm³/mol. The molecular formula is C14H9O2. The lowest BCUT2D eigenvalue weighted by Crippen LogP contribution is -1.96. The fraction of sp³-hybridized carbons (Fsp3) is 0. The molecule has 1 aromatic carbocycles. The summed E-state index contributed by atoms with van der Waals surface area (Å²) in [4.78, 5) is 11.6. The van der Waals surface area contributed by atoms with Gasteiger partial charge in [0.2, 0.25) is 5.78 Å². The highest BCUT2D eigenvalue weighted by Crippen LogP contribution is 2.22. The predicted octanol–water partition coefficient (Wildman–Crippen LogP) is 1.98. The van der Waals surface area contributed by atoms with Crippen molar-refractivity contribution in [3.8, 4) is 17.6 Å². The van der Waals surface area contributed by atoms with Crippen molar-refractivity contribution in [1.82, 2.24) is 0 Å². The zero-order valence-electron chi connectivity index (χ0n) is 8.47. The number of para-hydroxylation sites is 1. The molecule has 0 amide bonds. The van der Waals surface area contributed by atoms with Gasteiger partial charge in [-0.1, -0.05) is 18.1 Å². The summed E-state index contributed by atoms with van der Waals surface area (Å²) in [6.07, 6.45) is 7.36. The Morgan fingerprint density at radius 2 is 1.81 bits per heavy atom. The lowest BCUT2D eigenvalue weighted by Gasteiger charge is -1.97. The molecule has 1 fully saturated rings. The number of hydrogen-bond acceptors (Lipinski definition) is 2. The van der Waals surface area contributed by atoms with Crippen molar-refractivity contribution in [2.45, 2.75) is 0 Å². The van der Waals surface area contributed by atoms with E-state index in [1.807, 2.05) is 25.7 Å².